The molecule has 9 heteroatoms. The highest BCUT2D eigenvalue weighted by Crippen LogP contribution is 2.42. The molecule has 3 aliphatic rings. The van der Waals surface area contributed by atoms with E-state index in [9.17, 15) is 18.0 Å². The third-order valence-electron chi connectivity index (χ3n) is 6.13. The van der Waals surface area contributed by atoms with Crippen LogP contribution in [0.4, 0.5) is 19.0 Å². The Morgan fingerprint density at radius 3 is 2.75 bits per heavy atom. The Kier molecular flexibility index (Phi) is 5.05. The lowest BCUT2D eigenvalue weighted by Crippen LogP contribution is -2.41. The zero-order valence-electron chi connectivity index (χ0n) is 16.2. The van der Waals surface area contributed by atoms with Crippen molar-refractivity contribution < 1.29 is 22.7 Å². The first-order chi connectivity index (χ1) is 13.3. The number of halogens is 3. The van der Waals surface area contributed by atoms with Crippen LogP contribution < -0.4 is 5.32 Å². The Balaban J connectivity index is 1.62. The molecule has 1 N–H and O–H groups in total. The van der Waals surface area contributed by atoms with E-state index in [-0.39, 0.29) is 30.3 Å². The monoisotopic (exact) mass is 400 g/mol. The number of amides is 1. The van der Waals surface area contributed by atoms with Gasteiger partial charge in [-0.15, -0.1) is 0 Å². The van der Waals surface area contributed by atoms with Gasteiger partial charge in [0.15, 0.2) is 6.04 Å². The van der Waals surface area contributed by atoms with Crippen molar-refractivity contribution in [3.8, 4) is 0 Å². The third kappa shape index (κ3) is 3.49. The molecule has 0 saturated carbocycles. The summed E-state index contributed by atoms with van der Waals surface area (Å²) >= 11 is 0. The van der Waals surface area contributed by atoms with Crippen molar-refractivity contribution >= 4 is 11.7 Å². The van der Waals surface area contributed by atoms with E-state index in [0.29, 0.717) is 37.5 Å². The first-order valence-corrected chi connectivity index (χ1v) is 10.1. The molecule has 0 bridgehead atoms. The average Bonchev–Trinajstić information content (AvgIpc) is 3.38. The smallest absolute Gasteiger partial charge is 0.368 e. The van der Waals surface area contributed by atoms with Crippen LogP contribution in [-0.2, 0) is 9.53 Å². The van der Waals surface area contributed by atoms with Crippen LogP contribution in [-0.4, -0.2) is 52.1 Å². The molecule has 4 atom stereocenters. The van der Waals surface area contributed by atoms with Gasteiger partial charge in [-0.3, -0.25) is 4.79 Å². The van der Waals surface area contributed by atoms with Crippen molar-refractivity contribution in [3.05, 3.63) is 11.8 Å². The summed E-state index contributed by atoms with van der Waals surface area (Å²) in [5.41, 5.74) is 0.532. The molecule has 28 heavy (non-hydrogen) atoms. The predicted molar refractivity (Wildman–Crippen MR) is 96.8 cm³/mol. The highest BCUT2D eigenvalue weighted by atomic mass is 19.4. The number of nitrogens with one attached hydrogen (secondary N) is 1. The van der Waals surface area contributed by atoms with E-state index in [1.165, 1.54) is 0 Å². The minimum Gasteiger partial charge on any atom is -0.368 e. The molecular weight excluding hydrogens is 373 g/mol. The minimum atomic E-state index is -4.36. The molecule has 0 aliphatic carbocycles. The first-order valence-electron chi connectivity index (χ1n) is 10.1. The molecule has 2 fully saturated rings. The van der Waals surface area contributed by atoms with Crippen LogP contribution in [0.25, 0.3) is 0 Å². The summed E-state index contributed by atoms with van der Waals surface area (Å²) in [6.07, 6.45) is -1.75. The standard InChI is InChI=1S/C19H27F3N4O2/c1-11(2)12-9-16(19(20,21)22)26-17(23-12)10-13(24-26)14-5-3-7-25(14)18(27)15-6-4-8-28-15/h10-12,14-16,23H,3-9H2,1-2H3/t12-,14?,15?,16+/m0/s1. The number of carbonyl (C=O) groups is 1. The van der Waals surface area contributed by atoms with Gasteiger partial charge in [-0.25, -0.2) is 4.68 Å². The summed E-state index contributed by atoms with van der Waals surface area (Å²) in [4.78, 5) is 14.6. The second-order valence-corrected chi connectivity index (χ2v) is 8.38. The van der Waals surface area contributed by atoms with E-state index in [2.05, 4.69) is 10.4 Å². The van der Waals surface area contributed by atoms with Gasteiger partial charge in [-0.1, -0.05) is 13.8 Å². The molecule has 0 aromatic carbocycles. The SMILES string of the molecule is CC(C)[C@@H]1C[C@H](C(F)(F)F)n2nc(C3CCCN3C(=O)C3CCCO3)cc2N1. The van der Waals surface area contributed by atoms with E-state index in [4.69, 9.17) is 4.74 Å². The van der Waals surface area contributed by atoms with Gasteiger partial charge in [0, 0.05) is 25.3 Å². The van der Waals surface area contributed by atoms with Gasteiger partial charge in [-0.05, 0) is 38.0 Å². The van der Waals surface area contributed by atoms with Gasteiger partial charge in [0.05, 0.1) is 11.7 Å². The molecule has 156 valence electrons. The summed E-state index contributed by atoms with van der Waals surface area (Å²) in [6, 6.07) is -0.507. The zero-order valence-corrected chi connectivity index (χ0v) is 16.2. The maximum atomic E-state index is 13.7. The number of likely N-dealkylation sites (tertiary alicyclic amines) is 1. The van der Waals surface area contributed by atoms with Gasteiger partial charge >= 0.3 is 6.18 Å². The summed E-state index contributed by atoms with van der Waals surface area (Å²) in [5.74, 6) is 0.395. The minimum absolute atomic E-state index is 0.0431. The van der Waals surface area contributed by atoms with E-state index < -0.39 is 18.3 Å². The maximum absolute atomic E-state index is 13.7. The number of anilines is 1. The number of aromatic nitrogens is 2. The first kappa shape index (κ1) is 19.5. The molecule has 4 rings (SSSR count). The van der Waals surface area contributed by atoms with Crippen LogP contribution in [0, 0.1) is 5.92 Å². The lowest BCUT2D eigenvalue weighted by molar-refractivity contribution is -0.174. The van der Waals surface area contributed by atoms with Gasteiger partial charge in [0.25, 0.3) is 5.91 Å². The fourth-order valence-electron chi connectivity index (χ4n) is 4.52. The van der Waals surface area contributed by atoms with Crippen LogP contribution in [0.2, 0.25) is 0 Å². The van der Waals surface area contributed by atoms with Crippen LogP contribution in [0.5, 0.6) is 0 Å². The molecule has 1 aromatic heterocycles. The van der Waals surface area contributed by atoms with Crippen molar-refractivity contribution in [2.75, 3.05) is 18.5 Å². The van der Waals surface area contributed by atoms with Gasteiger partial charge in [0.2, 0.25) is 0 Å². The fourth-order valence-corrected chi connectivity index (χ4v) is 4.52. The largest absolute Gasteiger partial charge is 0.410 e. The number of nitrogens with zero attached hydrogens (tertiary/aromatic N) is 3. The van der Waals surface area contributed by atoms with E-state index in [1.54, 1.807) is 11.0 Å². The molecule has 6 nitrogen and oxygen atoms in total. The normalized spacial score (nSPS) is 30.6. The highest BCUT2D eigenvalue weighted by molar-refractivity contribution is 5.82. The van der Waals surface area contributed by atoms with Crippen LogP contribution in [0.15, 0.2) is 6.07 Å². The molecular formula is C19H27F3N4O2. The lowest BCUT2D eigenvalue weighted by Gasteiger charge is -2.35. The Morgan fingerprint density at radius 2 is 2.11 bits per heavy atom. The maximum Gasteiger partial charge on any atom is 0.410 e. The topological polar surface area (TPSA) is 59.4 Å². The quantitative estimate of drug-likeness (QED) is 0.841. The van der Waals surface area contributed by atoms with E-state index in [1.807, 2.05) is 13.8 Å². The van der Waals surface area contributed by atoms with Crippen molar-refractivity contribution in [1.29, 1.82) is 0 Å². The number of ether oxygens (including phenoxy) is 1. The lowest BCUT2D eigenvalue weighted by atomic mass is 9.94. The fraction of sp³-hybridized carbons (Fsp3) is 0.789. The van der Waals surface area contributed by atoms with Crippen LogP contribution in [0.1, 0.15) is 63.7 Å². The van der Waals surface area contributed by atoms with Gasteiger partial charge < -0.3 is 15.0 Å². The van der Waals surface area contributed by atoms with Crippen molar-refractivity contribution in [1.82, 2.24) is 14.7 Å². The Hall–Kier alpha value is -1.77. The van der Waals surface area contributed by atoms with E-state index in [0.717, 1.165) is 17.5 Å². The number of rotatable bonds is 3. The van der Waals surface area contributed by atoms with Crippen molar-refractivity contribution in [3.63, 3.8) is 0 Å². The number of fused-ring (bicyclic) bond motifs is 1. The molecule has 1 amide bonds. The van der Waals surface area contributed by atoms with Crippen molar-refractivity contribution in [2.45, 2.75) is 76.4 Å². The zero-order chi connectivity index (χ0) is 20.1. The Bertz CT molecular complexity index is 727. The average molecular weight is 400 g/mol. The summed E-state index contributed by atoms with van der Waals surface area (Å²) in [7, 11) is 0. The number of carbonyl (C=O) groups excluding carboxylic acids is 1. The summed E-state index contributed by atoms with van der Waals surface area (Å²) in [6.45, 7) is 5.01. The second-order valence-electron chi connectivity index (χ2n) is 8.38. The molecule has 1 aromatic rings. The highest BCUT2D eigenvalue weighted by Gasteiger charge is 2.47. The number of hydrogen-bond donors (Lipinski definition) is 1. The van der Waals surface area contributed by atoms with Crippen LogP contribution >= 0.6 is 0 Å². The number of hydrogen-bond acceptors (Lipinski definition) is 4. The molecule has 4 heterocycles. The number of alkyl halides is 3. The second kappa shape index (κ2) is 7.24. The Morgan fingerprint density at radius 1 is 1.32 bits per heavy atom. The molecule has 2 saturated heterocycles. The predicted octanol–water partition coefficient (Wildman–Crippen LogP) is 3.67. The summed E-state index contributed by atoms with van der Waals surface area (Å²) in [5, 5.41) is 7.55. The van der Waals surface area contributed by atoms with Crippen molar-refractivity contribution in [2.24, 2.45) is 5.92 Å². The molecule has 0 spiro atoms. The third-order valence-corrected chi connectivity index (χ3v) is 6.13. The molecule has 3 aliphatic heterocycles. The van der Waals surface area contributed by atoms with Gasteiger partial charge in [0.1, 0.15) is 11.9 Å². The van der Waals surface area contributed by atoms with Crippen LogP contribution in [0.3, 0.4) is 0 Å². The van der Waals surface area contributed by atoms with E-state index >= 15 is 0 Å². The summed E-state index contributed by atoms with van der Waals surface area (Å²) < 4.78 is 47.6. The Labute approximate surface area is 162 Å². The molecule has 2 unspecified atom stereocenters. The van der Waals surface area contributed by atoms with Gasteiger partial charge in [-0.2, -0.15) is 18.3 Å². The molecule has 0 radical (unpaired) electrons.